The van der Waals surface area contributed by atoms with E-state index in [1.807, 2.05) is 60.4 Å². The lowest BCUT2D eigenvalue weighted by molar-refractivity contribution is -0.179. The van der Waals surface area contributed by atoms with Crippen molar-refractivity contribution >= 4 is 23.0 Å². The molecule has 2 aromatic carbocycles. The molecule has 0 bridgehead atoms. The predicted octanol–water partition coefficient (Wildman–Crippen LogP) is 5.00. The molecule has 2 heterocycles. The van der Waals surface area contributed by atoms with E-state index in [1.54, 1.807) is 0 Å². The molecule has 3 N–H and O–H groups in total. The number of nitrogens with zero attached hydrogens (tertiary/aromatic N) is 1. The molecule has 178 valence electrons. The lowest BCUT2D eigenvalue weighted by Gasteiger charge is -2.34. The van der Waals surface area contributed by atoms with Crippen LogP contribution in [0.5, 0.6) is 0 Å². The van der Waals surface area contributed by atoms with E-state index in [9.17, 15) is 18.0 Å². The van der Waals surface area contributed by atoms with Gasteiger partial charge < -0.3 is 20.9 Å². The van der Waals surface area contributed by atoms with Gasteiger partial charge in [0.15, 0.2) is 0 Å². The maximum atomic E-state index is 12.9. The summed E-state index contributed by atoms with van der Waals surface area (Å²) in [6.45, 7) is 4.46. The van der Waals surface area contributed by atoms with Gasteiger partial charge in [0, 0.05) is 36.7 Å². The van der Waals surface area contributed by atoms with Crippen LogP contribution in [-0.2, 0) is 4.79 Å². The molecular formula is C25H31F3N4O. The number of anilines is 3. The highest BCUT2D eigenvalue weighted by Gasteiger charge is 2.41. The normalized spacial score (nSPS) is 20.5. The highest BCUT2D eigenvalue weighted by molar-refractivity contribution is 5.79. The first-order valence-corrected chi connectivity index (χ1v) is 11.6. The predicted molar refractivity (Wildman–Crippen MR) is 125 cm³/mol. The number of hydrogen-bond donors (Lipinski definition) is 3. The molecule has 0 aromatic heterocycles. The van der Waals surface area contributed by atoms with Gasteiger partial charge in [-0.15, -0.1) is 0 Å². The van der Waals surface area contributed by atoms with Crippen LogP contribution in [0.15, 0.2) is 48.5 Å². The zero-order chi connectivity index (χ0) is 23.4. The van der Waals surface area contributed by atoms with Crippen molar-refractivity contribution in [3.8, 4) is 0 Å². The lowest BCUT2D eigenvalue weighted by Crippen LogP contribution is -2.38. The lowest BCUT2D eigenvalue weighted by atomic mass is 9.96. The van der Waals surface area contributed by atoms with Gasteiger partial charge in [-0.25, -0.2) is 0 Å². The number of benzene rings is 2. The first-order valence-electron chi connectivity index (χ1n) is 11.6. The van der Waals surface area contributed by atoms with Crippen molar-refractivity contribution in [2.75, 3.05) is 36.4 Å². The molecule has 4 rings (SSSR count). The molecule has 8 heteroatoms. The van der Waals surface area contributed by atoms with Crippen molar-refractivity contribution in [2.45, 2.75) is 38.4 Å². The van der Waals surface area contributed by atoms with E-state index in [-0.39, 0.29) is 30.7 Å². The number of piperidine rings is 1. The number of carbonyl (C=O) groups is 1. The minimum atomic E-state index is -4.09. The van der Waals surface area contributed by atoms with E-state index < -0.39 is 12.1 Å². The van der Waals surface area contributed by atoms with Gasteiger partial charge in [-0.05, 0) is 74.7 Å². The Morgan fingerprint density at radius 1 is 1.00 bits per heavy atom. The summed E-state index contributed by atoms with van der Waals surface area (Å²) in [6, 6.07) is 15.7. The van der Waals surface area contributed by atoms with Crippen LogP contribution in [-0.4, -0.2) is 38.3 Å². The quantitative estimate of drug-likeness (QED) is 0.568. The van der Waals surface area contributed by atoms with Gasteiger partial charge in [-0.2, -0.15) is 13.2 Å². The summed E-state index contributed by atoms with van der Waals surface area (Å²) in [5.74, 6) is -1.04. The van der Waals surface area contributed by atoms with Crippen molar-refractivity contribution in [1.29, 1.82) is 0 Å². The van der Waals surface area contributed by atoms with E-state index in [0.29, 0.717) is 13.1 Å². The van der Waals surface area contributed by atoms with Gasteiger partial charge in [0.2, 0.25) is 5.91 Å². The van der Waals surface area contributed by atoms with Crippen LogP contribution < -0.4 is 20.9 Å². The smallest absolute Gasteiger partial charge is 0.372 e. The molecule has 2 aliphatic rings. The molecule has 2 aliphatic heterocycles. The molecule has 33 heavy (non-hydrogen) atoms. The molecule has 2 atom stereocenters. The van der Waals surface area contributed by atoms with E-state index in [0.717, 1.165) is 42.1 Å². The topological polar surface area (TPSA) is 56.4 Å². The van der Waals surface area contributed by atoms with Gasteiger partial charge in [0.05, 0.1) is 17.9 Å². The molecule has 2 fully saturated rings. The molecule has 0 radical (unpaired) electrons. The second-order valence-corrected chi connectivity index (χ2v) is 9.02. The van der Waals surface area contributed by atoms with E-state index >= 15 is 0 Å². The minimum Gasteiger partial charge on any atom is -0.372 e. The Balaban J connectivity index is 1.29. The van der Waals surface area contributed by atoms with Gasteiger partial charge in [0.1, 0.15) is 0 Å². The summed E-state index contributed by atoms with van der Waals surface area (Å²) in [5, 5.41) is 9.65. The van der Waals surface area contributed by atoms with Crippen molar-refractivity contribution < 1.29 is 18.0 Å². The molecule has 0 aliphatic carbocycles. The standard InChI is InChI=1S/C25H31F3N4O/c1-17(30-24(33)19-10-13-29-16-19)18-2-4-21(5-3-18)31-22-6-8-23(9-7-22)32-14-11-20(12-15-32)25(26,27)28/h2-9,17,19-20,29,31H,10-16H2,1H3,(H,30,33). The number of halogens is 3. The van der Waals surface area contributed by atoms with Gasteiger partial charge >= 0.3 is 6.18 Å². The fourth-order valence-electron chi connectivity index (χ4n) is 4.54. The van der Waals surface area contributed by atoms with Gasteiger partial charge in [-0.1, -0.05) is 12.1 Å². The largest absolute Gasteiger partial charge is 0.391 e. The molecule has 2 unspecified atom stereocenters. The Bertz CT molecular complexity index is 916. The molecule has 5 nitrogen and oxygen atoms in total. The number of carbonyl (C=O) groups excluding carboxylic acids is 1. The Kier molecular flexibility index (Phi) is 7.12. The maximum absolute atomic E-state index is 12.9. The van der Waals surface area contributed by atoms with Gasteiger partial charge in [0.25, 0.3) is 0 Å². The SMILES string of the molecule is CC(NC(=O)C1CCNC1)c1ccc(Nc2ccc(N3CCC(C(F)(F)F)CC3)cc2)cc1. The van der Waals surface area contributed by atoms with Crippen molar-refractivity contribution in [1.82, 2.24) is 10.6 Å². The van der Waals surface area contributed by atoms with Crippen LogP contribution in [0, 0.1) is 11.8 Å². The Labute approximate surface area is 192 Å². The molecule has 0 spiro atoms. The zero-order valence-electron chi connectivity index (χ0n) is 18.8. The summed E-state index contributed by atoms with van der Waals surface area (Å²) in [4.78, 5) is 14.3. The maximum Gasteiger partial charge on any atom is 0.391 e. The second-order valence-electron chi connectivity index (χ2n) is 9.02. The summed E-state index contributed by atoms with van der Waals surface area (Å²) >= 11 is 0. The second kappa shape index (κ2) is 10.0. The summed E-state index contributed by atoms with van der Waals surface area (Å²) < 4.78 is 38.6. The van der Waals surface area contributed by atoms with Crippen molar-refractivity contribution in [3.05, 3.63) is 54.1 Å². The number of alkyl halides is 3. The summed E-state index contributed by atoms with van der Waals surface area (Å²) in [6.07, 6.45) is -2.92. The fraction of sp³-hybridized carbons (Fsp3) is 0.480. The van der Waals surface area contributed by atoms with Crippen LogP contribution in [0.3, 0.4) is 0 Å². The number of nitrogens with one attached hydrogen (secondary N) is 3. The first-order chi connectivity index (χ1) is 15.8. The third-order valence-corrected chi connectivity index (χ3v) is 6.68. The molecule has 2 saturated heterocycles. The highest BCUT2D eigenvalue weighted by Crippen LogP contribution is 2.35. The summed E-state index contributed by atoms with van der Waals surface area (Å²) in [7, 11) is 0. The van der Waals surface area contributed by atoms with Crippen molar-refractivity contribution in [2.24, 2.45) is 11.8 Å². The van der Waals surface area contributed by atoms with Crippen molar-refractivity contribution in [3.63, 3.8) is 0 Å². The Hall–Kier alpha value is -2.74. The van der Waals surface area contributed by atoms with Crippen LogP contribution in [0.4, 0.5) is 30.2 Å². The molecule has 0 saturated carbocycles. The molecular weight excluding hydrogens is 429 g/mol. The fourth-order valence-corrected chi connectivity index (χ4v) is 4.54. The van der Waals surface area contributed by atoms with Crippen LogP contribution in [0.1, 0.15) is 37.8 Å². The van der Waals surface area contributed by atoms with E-state index in [2.05, 4.69) is 16.0 Å². The Morgan fingerprint density at radius 3 is 2.15 bits per heavy atom. The van der Waals surface area contributed by atoms with E-state index in [4.69, 9.17) is 0 Å². The third-order valence-electron chi connectivity index (χ3n) is 6.68. The monoisotopic (exact) mass is 460 g/mol. The molecule has 1 amide bonds. The third kappa shape index (κ3) is 5.99. The van der Waals surface area contributed by atoms with E-state index in [1.165, 1.54) is 0 Å². The zero-order valence-corrected chi connectivity index (χ0v) is 18.8. The molecule has 2 aromatic rings. The average molecular weight is 461 g/mol. The van der Waals surface area contributed by atoms with Gasteiger partial charge in [-0.3, -0.25) is 4.79 Å². The highest BCUT2D eigenvalue weighted by atomic mass is 19.4. The van der Waals surface area contributed by atoms with Crippen LogP contribution in [0.25, 0.3) is 0 Å². The van der Waals surface area contributed by atoms with Crippen LogP contribution in [0.2, 0.25) is 0 Å². The number of rotatable bonds is 6. The van der Waals surface area contributed by atoms with Crippen LogP contribution >= 0.6 is 0 Å². The number of amides is 1. The Morgan fingerprint density at radius 2 is 1.61 bits per heavy atom. The minimum absolute atomic E-state index is 0.0485. The number of hydrogen-bond acceptors (Lipinski definition) is 4. The summed E-state index contributed by atoms with van der Waals surface area (Å²) in [5.41, 5.74) is 3.82. The average Bonchev–Trinajstić information content (AvgIpc) is 3.35. The first kappa shape index (κ1) is 23.4.